The van der Waals surface area contributed by atoms with Gasteiger partial charge in [-0.15, -0.1) is 0 Å². The van der Waals surface area contributed by atoms with Crippen molar-refractivity contribution >= 4 is 17.3 Å². The zero-order valence-corrected chi connectivity index (χ0v) is 18.7. The van der Waals surface area contributed by atoms with Crippen LogP contribution in [0.15, 0.2) is 34.7 Å². The van der Waals surface area contributed by atoms with Gasteiger partial charge in [0.05, 0.1) is 32.9 Å². The quantitative estimate of drug-likeness (QED) is 0.742. The number of hydrogen-bond acceptors (Lipinski definition) is 7. The molecule has 0 spiro atoms. The van der Waals surface area contributed by atoms with E-state index in [1.54, 1.807) is 19.1 Å². The van der Waals surface area contributed by atoms with Crippen molar-refractivity contribution in [1.29, 1.82) is 0 Å². The number of dihydropyridines is 1. The summed E-state index contributed by atoms with van der Waals surface area (Å²) in [6, 6.07) is 3.50. The van der Waals surface area contributed by atoms with Gasteiger partial charge in [-0.1, -0.05) is 13.8 Å². The van der Waals surface area contributed by atoms with E-state index in [2.05, 4.69) is 5.32 Å². The van der Waals surface area contributed by atoms with E-state index in [9.17, 15) is 14.4 Å². The Hall–Kier alpha value is -3.09. The average molecular weight is 425 g/mol. The molecule has 7 heteroatoms. The molecule has 1 aromatic rings. The van der Waals surface area contributed by atoms with E-state index in [1.807, 2.05) is 13.8 Å². The summed E-state index contributed by atoms with van der Waals surface area (Å²) in [5.74, 6) is -0.679. The van der Waals surface area contributed by atoms with Gasteiger partial charge in [0.2, 0.25) is 5.75 Å². The zero-order valence-electron chi connectivity index (χ0n) is 18.7. The predicted octanol–water partition coefficient (Wildman–Crippen LogP) is 3.08. The van der Waals surface area contributed by atoms with Gasteiger partial charge in [0, 0.05) is 29.2 Å². The van der Waals surface area contributed by atoms with Crippen molar-refractivity contribution in [2.24, 2.45) is 11.3 Å². The second kappa shape index (κ2) is 7.25. The third-order valence-electron chi connectivity index (χ3n) is 6.36. The minimum absolute atomic E-state index is 0.0242. The van der Waals surface area contributed by atoms with Crippen molar-refractivity contribution in [2.75, 3.05) is 21.3 Å². The van der Waals surface area contributed by atoms with E-state index in [0.29, 0.717) is 58.2 Å². The van der Waals surface area contributed by atoms with Crippen LogP contribution < -0.4 is 19.5 Å². The number of benzene rings is 1. The number of Topliss-reactive ketones (excluding diaryl/α,β-unsaturated/α-hetero) is 3. The lowest BCUT2D eigenvalue weighted by Gasteiger charge is -2.38. The van der Waals surface area contributed by atoms with Crippen molar-refractivity contribution in [2.45, 2.75) is 39.5 Å². The van der Waals surface area contributed by atoms with E-state index in [0.717, 1.165) is 0 Å². The van der Waals surface area contributed by atoms with E-state index in [1.165, 1.54) is 21.3 Å². The fourth-order valence-corrected chi connectivity index (χ4v) is 4.92. The van der Waals surface area contributed by atoms with E-state index in [4.69, 9.17) is 14.2 Å². The number of allylic oxidation sites excluding steroid dienone is 4. The Labute approximate surface area is 181 Å². The highest BCUT2D eigenvalue weighted by Gasteiger charge is 2.50. The van der Waals surface area contributed by atoms with Crippen LogP contribution in [-0.2, 0) is 14.4 Å². The molecular formula is C24H27NO6. The number of ketones is 3. The highest BCUT2D eigenvalue weighted by atomic mass is 16.5. The van der Waals surface area contributed by atoms with Gasteiger partial charge in [-0.05, 0) is 36.5 Å². The smallest absolute Gasteiger partial charge is 0.203 e. The molecule has 1 heterocycles. The largest absolute Gasteiger partial charge is 0.493 e. The van der Waals surface area contributed by atoms with Gasteiger partial charge in [0.1, 0.15) is 0 Å². The molecule has 2 unspecified atom stereocenters. The van der Waals surface area contributed by atoms with Crippen LogP contribution >= 0.6 is 0 Å². The molecule has 0 radical (unpaired) electrons. The van der Waals surface area contributed by atoms with Gasteiger partial charge in [-0.3, -0.25) is 14.4 Å². The Bertz CT molecular complexity index is 1050. The number of carbonyl (C=O) groups is 3. The maximum Gasteiger partial charge on any atom is 0.203 e. The standard InChI is InChI=1S/C24H27NO6/c1-11-21(27)19-17(12-7-15(29-4)23(31-6)16(8-12)30-5)18-13(25-20(19)22(11)28)9-24(2,3)10-14(18)26/h7-8,11,17,25H,9-10H2,1-6H3. The number of methoxy groups -OCH3 is 3. The van der Waals surface area contributed by atoms with Crippen LogP contribution in [0.3, 0.4) is 0 Å². The molecular weight excluding hydrogens is 398 g/mol. The van der Waals surface area contributed by atoms with Crippen LogP contribution in [0.2, 0.25) is 0 Å². The van der Waals surface area contributed by atoms with Gasteiger partial charge >= 0.3 is 0 Å². The minimum Gasteiger partial charge on any atom is -0.493 e. The van der Waals surface area contributed by atoms with Crippen molar-refractivity contribution < 1.29 is 28.6 Å². The zero-order chi connectivity index (χ0) is 22.7. The summed E-state index contributed by atoms with van der Waals surface area (Å²) in [4.78, 5) is 39.3. The van der Waals surface area contributed by atoms with Crippen LogP contribution in [0.25, 0.3) is 0 Å². The van der Waals surface area contributed by atoms with Gasteiger partial charge in [0.15, 0.2) is 28.8 Å². The van der Waals surface area contributed by atoms with Crippen LogP contribution in [0.5, 0.6) is 17.2 Å². The van der Waals surface area contributed by atoms with Crippen LogP contribution in [0, 0.1) is 11.3 Å². The third kappa shape index (κ3) is 3.14. The van der Waals surface area contributed by atoms with Gasteiger partial charge in [0.25, 0.3) is 0 Å². The number of rotatable bonds is 4. The topological polar surface area (TPSA) is 90.9 Å². The summed E-state index contributed by atoms with van der Waals surface area (Å²) in [7, 11) is 4.54. The molecule has 0 saturated carbocycles. The Morgan fingerprint density at radius 2 is 1.52 bits per heavy atom. The van der Waals surface area contributed by atoms with Crippen molar-refractivity contribution in [3.63, 3.8) is 0 Å². The highest BCUT2D eigenvalue weighted by molar-refractivity contribution is 6.26. The predicted molar refractivity (Wildman–Crippen MR) is 113 cm³/mol. The molecule has 4 rings (SSSR count). The number of ether oxygens (including phenoxy) is 3. The number of carbonyl (C=O) groups excluding carboxylic acids is 3. The normalized spacial score (nSPS) is 24.6. The molecule has 1 N–H and O–H groups in total. The van der Waals surface area contributed by atoms with E-state index in [-0.39, 0.29) is 22.8 Å². The number of hydrogen-bond donors (Lipinski definition) is 1. The maximum absolute atomic E-state index is 13.3. The van der Waals surface area contributed by atoms with Crippen LogP contribution in [-0.4, -0.2) is 38.7 Å². The second-order valence-electron chi connectivity index (χ2n) is 9.09. The molecule has 31 heavy (non-hydrogen) atoms. The third-order valence-corrected chi connectivity index (χ3v) is 6.36. The Morgan fingerprint density at radius 3 is 2.06 bits per heavy atom. The second-order valence-corrected chi connectivity index (χ2v) is 9.09. The Morgan fingerprint density at radius 1 is 0.903 bits per heavy atom. The molecule has 0 fully saturated rings. The molecule has 2 aliphatic carbocycles. The summed E-state index contributed by atoms with van der Waals surface area (Å²) >= 11 is 0. The van der Waals surface area contributed by atoms with Crippen LogP contribution in [0.1, 0.15) is 45.1 Å². The molecule has 0 bridgehead atoms. The van der Waals surface area contributed by atoms with Crippen molar-refractivity contribution in [3.05, 3.63) is 40.2 Å². The molecule has 7 nitrogen and oxygen atoms in total. The SMILES string of the molecule is COc1cc(C2C3=C(CC(C)(C)CC3=O)NC3=C2C(=O)C(C)C3=O)cc(OC)c1OC. The van der Waals surface area contributed by atoms with Crippen molar-refractivity contribution in [3.8, 4) is 17.2 Å². The highest BCUT2D eigenvalue weighted by Crippen LogP contribution is 2.51. The lowest BCUT2D eigenvalue weighted by molar-refractivity contribution is -0.125. The molecule has 0 saturated heterocycles. The summed E-state index contributed by atoms with van der Waals surface area (Å²) in [6.45, 7) is 5.67. The fourth-order valence-electron chi connectivity index (χ4n) is 4.92. The van der Waals surface area contributed by atoms with Gasteiger partial charge < -0.3 is 19.5 Å². The van der Waals surface area contributed by atoms with E-state index < -0.39 is 11.8 Å². The summed E-state index contributed by atoms with van der Waals surface area (Å²) in [5.41, 5.74) is 2.33. The van der Waals surface area contributed by atoms with E-state index >= 15 is 0 Å². The minimum atomic E-state index is -0.772. The molecule has 0 aromatic heterocycles. The Kier molecular flexibility index (Phi) is 4.95. The summed E-state index contributed by atoms with van der Waals surface area (Å²) in [5, 5.41) is 3.17. The monoisotopic (exact) mass is 425 g/mol. The molecule has 1 aromatic carbocycles. The lowest BCUT2D eigenvalue weighted by Crippen LogP contribution is -2.38. The van der Waals surface area contributed by atoms with Gasteiger partial charge in [-0.25, -0.2) is 0 Å². The summed E-state index contributed by atoms with van der Waals surface area (Å²) in [6.07, 6.45) is 0.983. The summed E-state index contributed by atoms with van der Waals surface area (Å²) < 4.78 is 16.4. The van der Waals surface area contributed by atoms with Crippen LogP contribution in [0.4, 0.5) is 0 Å². The molecule has 164 valence electrons. The Balaban J connectivity index is 1.98. The molecule has 1 aliphatic heterocycles. The maximum atomic E-state index is 13.3. The first-order valence-corrected chi connectivity index (χ1v) is 10.3. The molecule has 0 amide bonds. The molecule has 3 aliphatic rings. The first-order chi connectivity index (χ1) is 14.6. The number of nitrogens with one attached hydrogen (secondary N) is 1. The fraction of sp³-hybridized carbons (Fsp3) is 0.458. The molecule has 2 atom stereocenters. The van der Waals surface area contributed by atoms with Gasteiger partial charge in [-0.2, -0.15) is 0 Å². The first kappa shape index (κ1) is 21.2. The lowest BCUT2D eigenvalue weighted by atomic mass is 9.68. The first-order valence-electron chi connectivity index (χ1n) is 10.3. The van der Waals surface area contributed by atoms with Crippen molar-refractivity contribution in [1.82, 2.24) is 5.32 Å². The average Bonchev–Trinajstić information content (AvgIpc) is 2.94.